The van der Waals surface area contributed by atoms with Crippen LogP contribution in [0.3, 0.4) is 0 Å². The minimum Gasteiger partial charge on any atom is -0.466 e. The minimum absolute atomic E-state index is 0.0985. The van der Waals surface area contributed by atoms with Crippen molar-refractivity contribution >= 4 is 5.97 Å². The number of allylic oxidation sites excluding steroid dienone is 11. The smallest absolute Gasteiger partial charge is 0.308 e. The molecule has 0 spiro atoms. The molecule has 0 saturated heterocycles. The van der Waals surface area contributed by atoms with Gasteiger partial charge in [-0.25, -0.2) is 0 Å². The lowest BCUT2D eigenvalue weighted by Gasteiger charge is -2.14. The lowest BCUT2D eigenvalue weighted by molar-refractivity contribution is -0.146. The normalized spacial score (nSPS) is 13.8. The Bertz CT molecular complexity index is 565. The molecule has 1 atom stereocenters. The zero-order valence-corrected chi connectivity index (χ0v) is 19.3. The molecule has 168 valence electrons. The van der Waals surface area contributed by atoms with E-state index in [4.69, 9.17) is 9.47 Å². The summed E-state index contributed by atoms with van der Waals surface area (Å²) in [5, 5.41) is 0. The minimum atomic E-state index is -0.192. The molecule has 3 nitrogen and oxygen atoms in total. The van der Waals surface area contributed by atoms with Crippen molar-refractivity contribution in [2.24, 2.45) is 0 Å². The van der Waals surface area contributed by atoms with Gasteiger partial charge >= 0.3 is 5.97 Å². The van der Waals surface area contributed by atoms with Gasteiger partial charge in [-0.3, -0.25) is 4.79 Å². The fourth-order valence-electron chi connectivity index (χ4n) is 2.62. The Morgan fingerprint density at radius 2 is 1.07 bits per heavy atom. The van der Waals surface area contributed by atoms with E-state index in [1.165, 1.54) is 0 Å². The summed E-state index contributed by atoms with van der Waals surface area (Å²) in [5.74, 6) is -0.192. The number of hydrogen-bond donors (Lipinski definition) is 0. The van der Waals surface area contributed by atoms with Gasteiger partial charge in [0.1, 0.15) is 0 Å². The maximum atomic E-state index is 11.6. The summed E-state index contributed by atoms with van der Waals surface area (Å²) < 4.78 is 10.6. The van der Waals surface area contributed by atoms with Gasteiger partial charge in [0.25, 0.3) is 0 Å². The molecule has 0 fully saturated rings. The maximum Gasteiger partial charge on any atom is 0.308 e. The Labute approximate surface area is 184 Å². The second-order valence-electron chi connectivity index (χ2n) is 6.74. The van der Waals surface area contributed by atoms with Gasteiger partial charge in [0, 0.05) is 6.61 Å². The molecule has 30 heavy (non-hydrogen) atoms. The topological polar surface area (TPSA) is 35.5 Å². The zero-order chi connectivity index (χ0) is 22.1. The Morgan fingerprint density at radius 3 is 1.47 bits per heavy atom. The molecule has 3 heteroatoms. The summed E-state index contributed by atoms with van der Waals surface area (Å²) >= 11 is 0. The fraction of sp³-hybridized carbons (Fsp3) is 0.519. The monoisotopic (exact) mass is 414 g/mol. The van der Waals surface area contributed by atoms with Crippen molar-refractivity contribution in [3.05, 3.63) is 72.9 Å². The van der Waals surface area contributed by atoms with Gasteiger partial charge in [-0.2, -0.15) is 0 Å². The van der Waals surface area contributed by atoms with E-state index in [0.717, 1.165) is 44.9 Å². The van der Waals surface area contributed by atoms with Crippen LogP contribution in [-0.2, 0) is 14.3 Å². The van der Waals surface area contributed by atoms with Crippen LogP contribution in [0.4, 0.5) is 0 Å². The number of hydrogen-bond acceptors (Lipinski definition) is 3. The van der Waals surface area contributed by atoms with E-state index in [-0.39, 0.29) is 12.1 Å². The first kappa shape index (κ1) is 27.9. The van der Waals surface area contributed by atoms with Crippen LogP contribution in [0.2, 0.25) is 0 Å². The summed E-state index contributed by atoms with van der Waals surface area (Å²) in [7, 11) is 0. The van der Waals surface area contributed by atoms with Crippen LogP contribution in [0.15, 0.2) is 72.9 Å². The summed E-state index contributed by atoms with van der Waals surface area (Å²) in [6, 6.07) is 0. The second kappa shape index (κ2) is 23.2. The maximum absolute atomic E-state index is 11.6. The van der Waals surface area contributed by atoms with E-state index in [0.29, 0.717) is 19.6 Å². The van der Waals surface area contributed by atoms with Crippen molar-refractivity contribution in [2.75, 3.05) is 13.2 Å². The molecule has 0 aliphatic rings. The molecule has 0 bridgehead atoms. The van der Waals surface area contributed by atoms with Gasteiger partial charge in [-0.1, -0.05) is 79.8 Å². The average molecular weight is 415 g/mol. The van der Waals surface area contributed by atoms with Crippen LogP contribution in [0, 0.1) is 0 Å². The lowest BCUT2D eigenvalue weighted by Crippen LogP contribution is -2.19. The summed E-state index contributed by atoms with van der Waals surface area (Å²) in [4.78, 5) is 11.6. The first-order valence-corrected chi connectivity index (χ1v) is 11.4. The van der Waals surface area contributed by atoms with Gasteiger partial charge < -0.3 is 9.47 Å². The predicted molar refractivity (Wildman–Crippen MR) is 129 cm³/mol. The second-order valence-corrected chi connectivity index (χ2v) is 6.74. The van der Waals surface area contributed by atoms with E-state index < -0.39 is 0 Å². The molecule has 0 amide bonds. The Balaban J connectivity index is 3.82. The van der Waals surface area contributed by atoms with Gasteiger partial charge in [-0.15, -0.1) is 0 Å². The Morgan fingerprint density at radius 1 is 0.633 bits per heavy atom. The van der Waals surface area contributed by atoms with Crippen LogP contribution >= 0.6 is 0 Å². The highest BCUT2D eigenvalue weighted by Crippen LogP contribution is 2.07. The van der Waals surface area contributed by atoms with Crippen LogP contribution in [0.5, 0.6) is 0 Å². The lowest BCUT2D eigenvalue weighted by atomic mass is 10.1. The van der Waals surface area contributed by atoms with Crippen LogP contribution in [0.1, 0.15) is 72.1 Å². The highest BCUT2D eigenvalue weighted by atomic mass is 16.5. The number of carbonyl (C=O) groups is 1. The van der Waals surface area contributed by atoms with E-state index in [1.807, 2.05) is 13.8 Å². The number of esters is 1. The molecular formula is C27H42O3. The molecule has 0 aliphatic heterocycles. The van der Waals surface area contributed by atoms with Gasteiger partial charge in [0.15, 0.2) is 0 Å². The van der Waals surface area contributed by atoms with E-state index in [2.05, 4.69) is 79.8 Å². The quantitative estimate of drug-likeness (QED) is 0.173. The van der Waals surface area contributed by atoms with Crippen molar-refractivity contribution < 1.29 is 14.3 Å². The first-order valence-electron chi connectivity index (χ1n) is 11.4. The molecule has 0 aromatic carbocycles. The number of ether oxygens (including phenoxy) is 2. The fourth-order valence-corrected chi connectivity index (χ4v) is 2.62. The third kappa shape index (κ3) is 20.6. The summed E-state index contributed by atoms with van der Waals surface area (Å²) in [5.41, 5.74) is 0. The van der Waals surface area contributed by atoms with Crippen LogP contribution in [0.25, 0.3) is 0 Å². The third-order valence-corrected chi connectivity index (χ3v) is 4.10. The van der Waals surface area contributed by atoms with Gasteiger partial charge in [0.05, 0.1) is 19.1 Å². The standard InChI is InChI=1S/C27H42O3/c1-4-7-8-9-10-11-12-13-14-15-16-17-18-19-20-21-22-23-24-26(29-5-2)25-27(28)30-6-3/h7-8,10-11,13-14,16-17,19-20,22-23,26H,4-6,9,12,15,18,21,24-25H2,1-3H3/b8-7-,11-10-,14-13-,17-16-,20-19-,23-22-. The van der Waals surface area contributed by atoms with Crippen LogP contribution < -0.4 is 0 Å². The van der Waals surface area contributed by atoms with Crippen molar-refractivity contribution in [3.8, 4) is 0 Å². The molecule has 0 saturated carbocycles. The zero-order valence-electron chi connectivity index (χ0n) is 19.3. The van der Waals surface area contributed by atoms with Gasteiger partial charge in [-0.05, 0) is 58.8 Å². The van der Waals surface area contributed by atoms with E-state index in [9.17, 15) is 4.79 Å². The SMILES string of the molecule is CC/C=C\C/C=C\C/C=C\C/C=C\C/C=C\C/C=C\CC(CC(=O)OCC)OCC. The van der Waals surface area contributed by atoms with Crippen molar-refractivity contribution in [2.45, 2.75) is 78.2 Å². The van der Waals surface area contributed by atoms with Crippen molar-refractivity contribution in [3.63, 3.8) is 0 Å². The van der Waals surface area contributed by atoms with Crippen molar-refractivity contribution in [1.29, 1.82) is 0 Å². The molecule has 0 rings (SSSR count). The van der Waals surface area contributed by atoms with Crippen molar-refractivity contribution in [1.82, 2.24) is 0 Å². The molecule has 0 radical (unpaired) electrons. The molecule has 1 unspecified atom stereocenters. The molecule has 0 heterocycles. The predicted octanol–water partition coefficient (Wildman–Crippen LogP) is 7.43. The highest BCUT2D eigenvalue weighted by Gasteiger charge is 2.13. The van der Waals surface area contributed by atoms with E-state index in [1.54, 1.807) is 0 Å². The summed E-state index contributed by atoms with van der Waals surface area (Å²) in [6.45, 7) is 6.93. The highest BCUT2D eigenvalue weighted by molar-refractivity contribution is 5.69. The molecule has 0 aromatic heterocycles. The summed E-state index contributed by atoms with van der Waals surface area (Å²) in [6.07, 6.45) is 33.1. The molecule has 0 N–H and O–H groups in total. The number of carbonyl (C=O) groups excluding carboxylic acids is 1. The molecular weight excluding hydrogens is 372 g/mol. The Hall–Kier alpha value is -2.13. The van der Waals surface area contributed by atoms with Crippen LogP contribution in [-0.4, -0.2) is 25.3 Å². The molecule has 0 aliphatic carbocycles. The van der Waals surface area contributed by atoms with E-state index >= 15 is 0 Å². The largest absolute Gasteiger partial charge is 0.466 e. The number of rotatable bonds is 18. The molecule has 0 aromatic rings. The first-order chi connectivity index (χ1) is 14.7. The third-order valence-electron chi connectivity index (χ3n) is 4.10. The van der Waals surface area contributed by atoms with Gasteiger partial charge in [0.2, 0.25) is 0 Å². The average Bonchev–Trinajstić information content (AvgIpc) is 2.73. The Kier molecular flexibility index (Phi) is 21.5.